The highest BCUT2D eigenvalue weighted by Crippen LogP contribution is 2.19. The number of thiocarbonyl (C=S) groups is 1. The van der Waals surface area contributed by atoms with Gasteiger partial charge in [-0.25, -0.2) is 0 Å². The first-order valence-corrected chi connectivity index (χ1v) is 8.86. The topological polar surface area (TPSA) is 93.5 Å². The van der Waals surface area contributed by atoms with Gasteiger partial charge in [0.05, 0.1) is 17.1 Å². The summed E-state index contributed by atoms with van der Waals surface area (Å²) in [6.07, 6.45) is 0.878. The van der Waals surface area contributed by atoms with Crippen molar-refractivity contribution in [3.8, 4) is 5.75 Å². The minimum Gasteiger partial charge on any atom is -0.493 e. The Hall–Kier alpha value is -3.00. The number of hydrogen-bond acceptors (Lipinski definition) is 5. The lowest BCUT2D eigenvalue weighted by Crippen LogP contribution is -2.34. The highest BCUT2D eigenvalue weighted by atomic mass is 32.1. The van der Waals surface area contributed by atoms with Gasteiger partial charge in [-0.05, 0) is 42.8 Å². The van der Waals surface area contributed by atoms with E-state index in [4.69, 9.17) is 17.0 Å². The molecule has 0 atom stereocenters. The van der Waals surface area contributed by atoms with Crippen LogP contribution < -0.4 is 15.4 Å². The van der Waals surface area contributed by atoms with Crippen molar-refractivity contribution >= 4 is 34.6 Å². The normalized spacial score (nSPS) is 10.3. The summed E-state index contributed by atoms with van der Waals surface area (Å²) in [4.78, 5) is 22.8. The quantitative estimate of drug-likeness (QED) is 0.421. The van der Waals surface area contributed by atoms with E-state index in [1.54, 1.807) is 30.3 Å². The molecule has 8 heteroatoms. The number of nitrogens with zero attached hydrogens (tertiary/aromatic N) is 1. The number of nitro benzene ring substituents is 1. The number of ether oxygens (including phenoxy) is 1. The van der Waals surface area contributed by atoms with Crippen LogP contribution in [0.5, 0.6) is 5.75 Å². The highest BCUT2D eigenvalue weighted by Gasteiger charge is 2.14. The Morgan fingerprint density at radius 1 is 1.22 bits per heavy atom. The molecule has 0 fully saturated rings. The standard InChI is InChI=1S/C19H21N3O4S/c1-13(2)10-11-26-17-9-4-3-8-16(17)18(23)21-19(27)20-14-6-5-7-15(12-14)22(24)25/h3-9,12-13H,10-11H2,1-2H3,(H2,20,21,23,27). The summed E-state index contributed by atoms with van der Waals surface area (Å²) in [6, 6.07) is 12.8. The second-order valence-corrected chi connectivity index (χ2v) is 6.65. The monoisotopic (exact) mass is 387 g/mol. The van der Waals surface area contributed by atoms with Gasteiger partial charge in [0.1, 0.15) is 5.75 Å². The summed E-state index contributed by atoms with van der Waals surface area (Å²) >= 11 is 5.13. The van der Waals surface area contributed by atoms with Crippen molar-refractivity contribution in [3.63, 3.8) is 0 Å². The molecule has 0 heterocycles. The molecule has 7 nitrogen and oxygen atoms in total. The van der Waals surface area contributed by atoms with Gasteiger partial charge in [-0.2, -0.15) is 0 Å². The first-order valence-electron chi connectivity index (χ1n) is 8.45. The van der Waals surface area contributed by atoms with Crippen LogP contribution in [0, 0.1) is 16.0 Å². The number of amides is 1. The Morgan fingerprint density at radius 3 is 2.67 bits per heavy atom. The first kappa shape index (κ1) is 20.3. The van der Waals surface area contributed by atoms with Crippen LogP contribution in [-0.4, -0.2) is 22.5 Å². The summed E-state index contributed by atoms with van der Waals surface area (Å²) < 4.78 is 5.71. The molecule has 2 N–H and O–H groups in total. The molecule has 0 spiro atoms. The highest BCUT2D eigenvalue weighted by molar-refractivity contribution is 7.80. The van der Waals surface area contributed by atoms with E-state index in [0.29, 0.717) is 29.5 Å². The molecule has 2 aromatic carbocycles. The number of carbonyl (C=O) groups is 1. The van der Waals surface area contributed by atoms with E-state index in [2.05, 4.69) is 24.5 Å². The second kappa shape index (κ2) is 9.63. The number of anilines is 1. The molecule has 0 unspecified atom stereocenters. The Balaban J connectivity index is 2.01. The third-order valence-electron chi connectivity index (χ3n) is 3.63. The Kier molecular flexibility index (Phi) is 7.25. The first-order chi connectivity index (χ1) is 12.9. The van der Waals surface area contributed by atoms with Crippen LogP contribution in [0.4, 0.5) is 11.4 Å². The maximum atomic E-state index is 12.5. The molecular formula is C19H21N3O4S. The number of benzene rings is 2. The maximum Gasteiger partial charge on any atom is 0.271 e. The second-order valence-electron chi connectivity index (χ2n) is 6.24. The van der Waals surface area contributed by atoms with Gasteiger partial charge in [-0.3, -0.25) is 20.2 Å². The van der Waals surface area contributed by atoms with E-state index >= 15 is 0 Å². The van der Waals surface area contributed by atoms with Crippen molar-refractivity contribution in [1.82, 2.24) is 5.32 Å². The Bertz CT molecular complexity index is 839. The Labute approximate surface area is 162 Å². The molecule has 0 aliphatic rings. The van der Waals surface area contributed by atoms with Gasteiger partial charge >= 0.3 is 0 Å². The molecule has 0 saturated heterocycles. The van der Waals surface area contributed by atoms with Gasteiger partial charge in [0.2, 0.25) is 0 Å². The predicted molar refractivity (Wildman–Crippen MR) is 108 cm³/mol. The van der Waals surface area contributed by atoms with E-state index in [1.165, 1.54) is 18.2 Å². The molecule has 142 valence electrons. The van der Waals surface area contributed by atoms with E-state index in [-0.39, 0.29) is 10.8 Å². The van der Waals surface area contributed by atoms with E-state index in [1.807, 2.05) is 0 Å². The van der Waals surface area contributed by atoms with Crippen LogP contribution in [0.1, 0.15) is 30.6 Å². The molecule has 2 rings (SSSR count). The van der Waals surface area contributed by atoms with Crippen LogP contribution in [-0.2, 0) is 0 Å². The lowest BCUT2D eigenvalue weighted by atomic mass is 10.1. The van der Waals surface area contributed by atoms with Crippen LogP contribution in [0.15, 0.2) is 48.5 Å². The van der Waals surface area contributed by atoms with Crippen molar-refractivity contribution in [2.24, 2.45) is 5.92 Å². The number of para-hydroxylation sites is 1. The third-order valence-corrected chi connectivity index (χ3v) is 3.83. The maximum absolute atomic E-state index is 12.5. The molecule has 1 amide bonds. The zero-order valence-electron chi connectivity index (χ0n) is 15.1. The van der Waals surface area contributed by atoms with Crippen molar-refractivity contribution < 1.29 is 14.5 Å². The SMILES string of the molecule is CC(C)CCOc1ccccc1C(=O)NC(=S)Nc1cccc([N+](=O)[O-])c1. The fourth-order valence-electron chi connectivity index (χ4n) is 2.21. The molecule has 27 heavy (non-hydrogen) atoms. The van der Waals surface area contributed by atoms with Gasteiger partial charge < -0.3 is 10.1 Å². The minimum atomic E-state index is -0.502. The average molecular weight is 387 g/mol. The van der Waals surface area contributed by atoms with E-state index in [0.717, 1.165) is 6.42 Å². The summed E-state index contributed by atoms with van der Waals surface area (Å²) in [5, 5.41) is 16.2. The van der Waals surface area contributed by atoms with Gasteiger partial charge in [0.25, 0.3) is 11.6 Å². The number of rotatable bonds is 7. The molecule has 2 aromatic rings. The van der Waals surface area contributed by atoms with Crippen molar-refractivity contribution in [3.05, 3.63) is 64.2 Å². The van der Waals surface area contributed by atoms with E-state index in [9.17, 15) is 14.9 Å². The fourth-order valence-corrected chi connectivity index (χ4v) is 2.43. The smallest absolute Gasteiger partial charge is 0.271 e. The molecular weight excluding hydrogens is 366 g/mol. The number of carbonyl (C=O) groups excluding carboxylic acids is 1. The van der Waals surface area contributed by atoms with Gasteiger partial charge in [-0.1, -0.05) is 32.0 Å². The summed E-state index contributed by atoms with van der Waals surface area (Å²) in [5.41, 5.74) is 0.707. The van der Waals surface area contributed by atoms with Crippen molar-refractivity contribution in [2.45, 2.75) is 20.3 Å². The number of hydrogen-bond donors (Lipinski definition) is 2. The van der Waals surface area contributed by atoms with Crippen molar-refractivity contribution in [1.29, 1.82) is 0 Å². The van der Waals surface area contributed by atoms with Crippen molar-refractivity contribution in [2.75, 3.05) is 11.9 Å². The molecule has 0 saturated carbocycles. The predicted octanol–water partition coefficient (Wildman–Crippen LogP) is 4.15. The molecule has 0 aliphatic carbocycles. The largest absolute Gasteiger partial charge is 0.493 e. The van der Waals surface area contributed by atoms with Crippen LogP contribution in [0.2, 0.25) is 0 Å². The van der Waals surface area contributed by atoms with Crippen LogP contribution >= 0.6 is 12.2 Å². The summed E-state index contributed by atoms with van der Waals surface area (Å²) in [7, 11) is 0. The lowest BCUT2D eigenvalue weighted by molar-refractivity contribution is -0.384. The minimum absolute atomic E-state index is 0.0393. The summed E-state index contributed by atoms with van der Waals surface area (Å²) in [6.45, 7) is 4.71. The average Bonchev–Trinajstić information content (AvgIpc) is 2.61. The van der Waals surface area contributed by atoms with Gasteiger partial charge in [0.15, 0.2) is 5.11 Å². The van der Waals surface area contributed by atoms with Gasteiger partial charge in [-0.15, -0.1) is 0 Å². The lowest BCUT2D eigenvalue weighted by Gasteiger charge is -2.13. The van der Waals surface area contributed by atoms with Crippen LogP contribution in [0.25, 0.3) is 0 Å². The number of nitrogens with one attached hydrogen (secondary N) is 2. The Morgan fingerprint density at radius 2 is 1.96 bits per heavy atom. The van der Waals surface area contributed by atoms with Crippen LogP contribution in [0.3, 0.4) is 0 Å². The van der Waals surface area contributed by atoms with E-state index < -0.39 is 10.8 Å². The molecule has 0 aliphatic heterocycles. The number of non-ortho nitro benzene ring substituents is 1. The molecule has 0 bridgehead atoms. The molecule has 0 aromatic heterocycles. The molecule has 0 radical (unpaired) electrons. The third kappa shape index (κ3) is 6.34. The zero-order chi connectivity index (χ0) is 19.8. The fraction of sp³-hybridized carbons (Fsp3) is 0.263. The van der Waals surface area contributed by atoms with Gasteiger partial charge in [0, 0.05) is 17.8 Å². The summed E-state index contributed by atoms with van der Waals surface area (Å²) in [5.74, 6) is 0.560. The number of nitro groups is 1. The zero-order valence-corrected chi connectivity index (χ0v) is 15.9.